The van der Waals surface area contributed by atoms with Gasteiger partial charge in [0, 0.05) is 0 Å². The van der Waals surface area contributed by atoms with Crippen LogP contribution in [-0.4, -0.2) is 15.4 Å². The molecule has 0 heterocycles. The maximum atomic E-state index is 11.4. The summed E-state index contributed by atoms with van der Waals surface area (Å²) in [5.41, 5.74) is 0. The normalized spacial score (nSPS) is 12.2. The quantitative estimate of drug-likeness (QED) is 0.548. The summed E-state index contributed by atoms with van der Waals surface area (Å²) in [6.45, 7) is 0. The van der Waals surface area contributed by atoms with Crippen LogP contribution in [0, 0.1) is 0 Å². The zero-order valence-corrected chi connectivity index (χ0v) is 12.3. The van der Waals surface area contributed by atoms with Gasteiger partial charge in [-0.3, -0.25) is 0 Å². The molecule has 104 valence electrons. The number of carbonyl (C=O) groups excluding carboxylic acids is 3. The summed E-state index contributed by atoms with van der Waals surface area (Å²) in [4.78, 5) is 34.2. The van der Waals surface area contributed by atoms with Crippen molar-refractivity contribution in [1.29, 1.82) is 0 Å². The average molecular weight is 316 g/mol. The first-order valence-electron chi connectivity index (χ1n) is 6.34. The molecule has 0 saturated carbocycles. The summed E-state index contributed by atoms with van der Waals surface area (Å²) in [6, 6.07) is 17.3. The van der Waals surface area contributed by atoms with Crippen LogP contribution in [0.4, 0.5) is 0 Å². The van der Waals surface area contributed by atoms with Crippen LogP contribution in [0.15, 0.2) is 54.6 Å². The molecule has 0 spiro atoms. The van der Waals surface area contributed by atoms with E-state index in [0.717, 1.165) is 21.5 Å². The molecule has 0 aliphatic heterocycles. The van der Waals surface area contributed by atoms with Crippen molar-refractivity contribution in [3.8, 4) is 0 Å². The Balaban J connectivity index is 2.43. The van der Waals surface area contributed by atoms with Gasteiger partial charge in [-0.05, 0) is 0 Å². The molecule has 0 radical (unpaired) electrons. The minimum atomic E-state index is -3.59. The van der Waals surface area contributed by atoms with Crippen LogP contribution in [-0.2, 0) is 27.5 Å². The Kier molecular flexibility index (Phi) is 3.42. The second-order valence-electron chi connectivity index (χ2n) is 4.73. The molecule has 0 amide bonds. The molecule has 0 aliphatic carbocycles. The summed E-state index contributed by atoms with van der Waals surface area (Å²) in [7, 11) is 0. The Morgan fingerprint density at radius 1 is 0.667 bits per heavy atom. The fraction of sp³-hybridized carbons (Fsp3) is 0. The Morgan fingerprint density at radius 2 is 1.24 bits per heavy atom. The fourth-order valence-electron chi connectivity index (χ4n) is 2.47. The zero-order valence-electron chi connectivity index (χ0n) is 11.1. The SMILES string of the molecule is O=[CH][Cr]([CH]=O)([CH]=O)[c]1cccc2cc3ccccc3cc12. The average Bonchev–Trinajstić information content (AvgIpc) is 2.55. The third kappa shape index (κ3) is 2.10. The Bertz CT molecular complexity index is 848. The van der Waals surface area contributed by atoms with Gasteiger partial charge in [-0.2, -0.15) is 0 Å². The minimum absolute atomic E-state index is 0.556. The van der Waals surface area contributed by atoms with Gasteiger partial charge in [-0.25, -0.2) is 0 Å². The molecular weight excluding hydrogens is 304 g/mol. The Hall–Kier alpha value is -2.28. The van der Waals surface area contributed by atoms with Crippen LogP contribution in [0.5, 0.6) is 0 Å². The molecular formula is C17H12CrO3. The van der Waals surface area contributed by atoms with E-state index in [9.17, 15) is 14.4 Å². The third-order valence-electron chi connectivity index (χ3n) is 3.57. The summed E-state index contributed by atoms with van der Waals surface area (Å²) in [5, 5.41) is 5.51. The second-order valence-corrected chi connectivity index (χ2v) is 8.69. The van der Waals surface area contributed by atoms with E-state index in [2.05, 4.69) is 0 Å². The van der Waals surface area contributed by atoms with Crippen molar-refractivity contribution in [2.75, 3.05) is 0 Å². The summed E-state index contributed by atoms with van der Waals surface area (Å²) in [6.07, 6.45) is 0. The van der Waals surface area contributed by atoms with Crippen LogP contribution in [0.3, 0.4) is 0 Å². The first-order valence-corrected chi connectivity index (χ1v) is 9.19. The first-order chi connectivity index (χ1) is 10.2. The summed E-state index contributed by atoms with van der Waals surface area (Å²) >= 11 is -3.59. The van der Waals surface area contributed by atoms with Gasteiger partial charge in [0.15, 0.2) is 0 Å². The predicted molar refractivity (Wildman–Crippen MR) is 81.3 cm³/mol. The van der Waals surface area contributed by atoms with Gasteiger partial charge in [0.2, 0.25) is 0 Å². The molecule has 3 rings (SSSR count). The van der Waals surface area contributed by atoms with Crippen molar-refractivity contribution in [2.45, 2.75) is 0 Å². The fourth-order valence-corrected chi connectivity index (χ4v) is 4.53. The maximum absolute atomic E-state index is 11.4. The van der Waals surface area contributed by atoms with E-state index >= 15 is 0 Å². The number of rotatable bonds is 4. The monoisotopic (exact) mass is 316 g/mol. The van der Waals surface area contributed by atoms with Crippen molar-refractivity contribution in [2.24, 2.45) is 0 Å². The summed E-state index contributed by atoms with van der Waals surface area (Å²) < 4.78 is 0.578. The molecule has 4 heteroatoms. The van der Waals surface area contributed by atoms with Crippen molar-refractivity contribution in [1.82, 2.24) is 0 Å². The van der Waals surface area contributed by atoms with E-state index in [-0.39, 0.29) is 0 Å². The van der Waals surface area contributed by atoms with E-state index in [1.165, 1.54) is 0 Å². The first kappa shape index (κ1) is 13.7. The Morgan fingerprint density at radius 3 is 1.86 bits per heavy atom. The molecule has 0 atom stereocenters. The van der Waals surface area contributed by atoms with Crippen molar-refractivity contribution in [3.63, 3.8) is 0 Å². The molecule has 0 aliphatic rings. The third-order valence-corrected chi connectivity index (χ3v) is 6.80. The second kappa shape index (κ2) is 5.25. The molecule has 3 aromatic rings. The molecule has 0 saturated heterocycles. The van der Waals surface area contributed by atoms with E-state index in [0.29, 0.717) is 19.9 Å². The van der Waals surface area contributed by atoms with Crippen LogP contribution in [0.1, 0.15) is 0 Å². The van der Waals surface area contributed by atoms with E-state index in [4.69, 9.17) is 0 Å². The number of benzene rings is 3. The molecule has 0 unspecified atom stereocenters. The zero-order chi connectivity index (χ0) is 14.9. The number of carbonyl (C=O) groups is 3. The van der Waals surface area contributed by atoms with Crippen LogP contribution < -0.4 is 4.43 Å². The predicted octanol–water partition coefficient (Wildman–Crippen LogP) is 2.34. The van der Waals surface area contributed by atoms with Gasteiger partial charge in [-0.1, -0.05) is 0 Å². The summed E-state index contributed by atoms with van der Waals surface area (Å²) in [5.74, 6) is 0. The van der Waals surface area contributed by atoms with Crippen molar-refractivity contribution >= 4 is 41.4 Å². The van der Waals surface area contributed by atoms with Gasteiger partial charge in [-0.15, -0.1) is 0 Å². The Labute approximate surface area is 123 Å². The van der Waals surface area contributed by atoms with E-state index in [1.54, 1.807) is 12.1 Å². The van der Waals surface area contributed by atoms with E-state index < -0.39 is 13.1 Å². The van der Waals surface area contributed by atoms with Crippen LogP contribution in [0.25, 0.3) is 21.5 Å². The van der Waals surface area contributed by atoms with Crippen molar-refractivity contribution < 1.29 is 27.5 Å². The van der Waals surface area contributed by atoms with Gasteiger partial charge in [0.25, 0.3) is 0 Å². The van der Waals surface area contributed by atoms with Crippen LogP contribution >= 0.6 is 0 Å². The molecule has 0 fully saturated rings. The topological polar surface area (TPSA) is 51.2 Å². The number of fused-ring (bicyclic) bond motifs is 2. The van der Waals surface area contributed by atoms with Gasteiger partial charge in [0.1, 0.15) is 0 Å². The molecule has 3 aromatic carbocycles. The molecule has 0 aromatic heterocycles. The molecule has 0 bridgehead atoms. The number of hydrogen-bond acceptors (Lipinski definition) is 3. The van der Waals surface area contributed by atoms with Gasteiger partial charge in [0.05, 0.1) is 0 Å². The van der Waals surface area contributed by atoms with Gasteiger partial charge >= 0.3 is 123 Å². The molecule has 0 N–H and O–H groups in total. The number of hydrogen-bond donors (Lipinski definition) is 0. The van der Waals surface area contributed by atoms with E-state index in [1.807, 2.05) is 42.5 Å². The standard InChI is InChI=1S/C14H9.3CHO.Cr/c1-2-6-12-10-14-8-4-3-7-13(14)9-11(12)5-1;3*1-2;/h1-7,9-10H;3*1H;. The van der Waals surface area contributed by atoms with Crippen molar-refractivity contribution in [3.05, 3.63) is 54.6 Å². The van der Waals surface area contributed by atoms with Gasteiger partial charge < -0.3 is 0 Å². The molecule has 3 nitrogen and oxygen atoms in total. The van der Waals surface area contributed by atoms with Crippen LogP contribution in [0.2, 0.25) is 0 Å². The molecule has 21 heavy (non-hydrogen) atoms.